The Morgan fingerprint density at radius 2 is 2.00 bits per heavy atom. The van der Waals surface area contributed by atoms with Crippen LogP contribution in [-0.4, -0.2) is 30.4 Å². The van der Waals surface area contributed by atoms with Gasteiger partial charge >= 0.3 is 5.97 Å². The van der Waals surface area contributed by atoms with E-state index in [1.807, 2.05) is 0 Å². The van der Waals surface area contributed by atoms with Crippen molar-refractivity contribution in [3.63, 3.8) is 0 Å². The molecule has 0 saturated carbocycles. The molecule has 0 fully saturated rings. The van der Waals surface area contributed by atoms with Crippen LogP contribution in [0.3, 0.4) is 0 Å². The number of aromatic hydroxyl groups is 1. The molecule has 0 spiro atoms. The first-order chi connectivity index (χ1) is 7.60. The molecule has 0 aliphatic heterocycles. The first-order valence-corrected chi connectivity index (χ1v) is 4.45. The van der Waals surface area contributed by atoms with E-state index < -0.39 is 5.97 Å². The highest BCUT2D eigenvalue weighted by atomic mass is 16.5. The van der Waals surface area contributed by atoms with Gasteiger partial charge in [0.15, 0.2) is 11.5 Å². The molecule has 5 heteroatoms. The Morgan fingerprint density at radius 1 is 1.31 bits per heavy atom. The number of hydrogen-bond acceptors (Lipinski definition) is 4. The van der Waals surface area contributed by atoms with E-state index in [1.165, 1.54) is 26.4 Å². The number of carbonyl (C=O) groups is 1. The van der Waals surface area contributed by atoms with Crippen LogP contribution in [-0.2, 0) is 4.79 Å². The minimum absolute atomic E-state index is 0.155. The zero-order chi connectivity index (χ0) is 12.1. The second-order valence-corrected chi connectivity index (χ2v) is 2.91. The predicted octanol–water partition coefficient (Wildman–Crippen LogP) is 1.51. The molecule has 16 heavy (non-hydrogen) atoms. The molecule has 0 atom stereocenters. The van der Waals surface area contributed by atoms with E-state index in [9.17, 15) is 9.90 Å². The van der Waals surface area contributed by atoms with Gasteiger partial charge in [-0.25, -0.2) is 4.79 Å². The van der Waals surface area contributed by atoms with Gasteiger partial charge in [-0.15, -0.1) is 0 Å². The molecule has 0 aromatic heterocycles. The van der Waals surface area contributed by atoms with E-state index in [0.29, 0.717) is 5.56 Å². The lowest BCUT2D eigenvalue weighted by atomic mass is 10.1. The third kappa shape index (κ3) is 2.44. The minimum Gasteiger partial charge on any atom is -0.502 e. The lowest BCUT2D eigenvalue weighted by Crippen LogP contribution is -1.92. The standard InChI is InChI=1S/C11H12O5/c1-15-8-5-3-7(4-6-9(12)13)11(16-2)10(8)14/h3-6,14H,1-2H3,(H,12,13). The summed E-state index contributed by atoms with van der Waals surface area (Å²) in [6, 6.07) is 3.12. The summed E-state index contributed by atoms with van der Waals surface area (Å²) < 4.78 is 9.87. The highest BCUT2D eigenvalue weighted by molar-refractivity contribution is 5.86. The first-order valence-electron chi connectivity index (χ1n) is 4.45. The summed E-state index contributed by atoms with van der Waals surface area (Å²) in [7, 11) is 2.80. The van der Waals surface area contributed by atoms with Crippen LogP contribution in [0.2, 0.25) is 0 Å². The van der Waals surface area contributed by atoms with E-state index in [4.69, 9.17) is 14.6 Å². The van der Waals surface area contributed by atoms with Crippen LogP contribution in [0.5, 0.6) is 17.2 Å². The molecule has 0 aliphatic rings. The summed E-state index contributed by atoms with van der Waals surface area (Å²) in [5.74, 6) is -0.781. The molecule has 0 saturated heterocycles. The van der Waals surface area contributed by atoms with Gasteiger partial charge in [-0.3, -0.25) is 0 Å². The number of carboxylic acid groups (broad SMARTS) is 1. The number of carboxylic acids is 1. The van der Waals surface area contributed by atoms with Gasteiger partial charge in [0.25, 0.3) is 0 Å². The average Bonchev–Trinajstić information content (AvgIpc) is 2.26. The maximum Gasteiger partial charge on any atom is 0.328 e. The maximum absolute atomic E-state index is 10.4. The van der Waals surface area contributed by atoms with Crippen LogP contribution in [0.4, 0.5) is 0 Å². The Morgan fingerprint density at radius 3 is 2.50 bits per heavy atom. The highest BCUT2D eigenvalue weighted by Crippen LogP contribution is 2.39. The molecule has 0 radical (unpaired) electrons. The molecular formula is C11H12O5. The van der Waals surface area contributed by atoms with Crippen molar-refractivity contribution < 1.29 is 24.5 Å². The zero-order valence-electron chi connectivity index (χ0n) is 8.93. The van der Waals surface area contributed by atoms with Crippen molar-refractivity contribution in [2.75, 3.05) is 14.2 Å². The molecule has 0 unspecified atom stereocenters. The van der Waals surface area contributed by atoms with E-state index >= 15 is 0 Å². The van der Waals surface area contributed by atoms with Gasteiger partial charge in [0, 0.05) is 11.6 Å². The lowest BCUT2D eigenvalue weighted by Gasteiger charge is -2.10. The van der Waals surface area contributed by atoms with E-state index in [2.05, 4.69) is 0 Å². The number of methoxy groups -OCH3 is 2. The fourth-order valence-corrected chi connectivity index (χ4v) is 1.24. The van der Waals surface area contributed by atoms with Gasteiger partial charge in [-0.2, -0.15) is 0 Å². The molecule has 1 aromatic rings. The molecule has 1 rings (SSSR count). The quantitative estimate of drug-likeness (QED) is 0.758. The van der Waals surface area contributed by atoms with Crippen LogP contribution in [0.15, 0.2) is 18.2 Å². The Labute approximate surface area is 92.5 Å². The van der Waals surface area contributed by atoms with E-state index in [-0.39, 0.29) is 17.2 Å². The molecule has 5 nitrogen and oxygen atoms in total. The second kappa shape index (κ2) is 5.06. The third-order valence-corrected chi connectivity index (χ3v) is 1.95. The Kier molecular flexibility index (Phi) is 3.77. The van der Waals surface area contributed by atoms with Crippen molar-refractivity contribution in [2.24, 2.45) is 0 Å². The fourth-order valence-electron chi connectivity index (χ4n) is 1.24. The predicted molar refractivity (Wildman–Crippen MR) is 57.9 cm³/mol. The summed E-state index contributed by atoms with van der Waals surface area (Å²) >= 11 is 0. The highest BCUT2D eigenvalue weighted by Gasteiger charge is 2.12. The van der Waals surface area contributed by atoms with Crippen molar-refractivity contribution in [1.29, 1.82) is 0 Å². The van der Waals surface area contributed by atoms with Crippen LogP contribution < -0.4 is 9.47 Å². The number of phenolic OH excluding ortho intramolecular Hbond substituents is 1. The zero-order valence-corrected chi connectivity index (χ0v) is 8.93. The normalized spacial score (nSPS) is 10.4. The molecule has 0 aliphatic carbocycles. The van der Waals surface area contributed by atoms with Crippen molar-refractivity contribution in [1.82, 2.24) is 0 Å². The van der Waals surface area contributed by atoms with E-state index in [1.54, 1.807) is 6.07 Å². The number of rotatable bonds is 4. The topological polar surface area (TPSA) is 76.0 Å². The molecule has 1 aromatic carbocycles. The van der Waals surface area contributed by atoms with Gasteiger partial charge < -0.3 is 19.7 Å². The SMILES string of the molecule is COc1ccc(C=CC(=O)O)c(OC)c1O. The molecule has 86 valence electrons. The number of ether oxygens (including phenoxy) is 2. The summed E-state index contributed by atoms with van der Waals surface area (Å²) in [5.41, 5.74) is 0.461. The molecule has 0 amide bonds. The smallest absolute Gasteiger partial charge is 0.328 e. The summed E-state index contributed by atoms with van der Waals surface area (Å²) in [6.07, 6.45) is 2.30. The number of hydrogen-bond donors (Lipinski definition) is 2. The Bertz CT molecular complexity index is 423. The van der Waals surface area contributed by atoms with Crippen LogP contribution in [0, 0.1) is 0 Å². The van der Waals surface area contributed by atoms with E-state index in [0.717, 1.165) is 6.08 Å². The van der Waals surface area contributed by atoms with Crippen LogP contribution in [0.25, 0.3) is 6.08 Å². The second-order valence-electron chi connectivity index (χ2n) is 2.91. The largest absolute Gasteiger partial charge is 0.502 e. The van der Waals surface area contributed by atoms with Crippen molar-refractivity contribution in [3.8, 4) is 17.2 Å². The number of aliphatic carboxylic acids is 1. The Hall–Kier alpha value is -2.17. The van der Waals surface area contributed by atoms with Gasteiger partial charge in [0.1, 0.15) is 0 Å². The van der Waals surface area contributed by atoms with Crippen molar-refractivity contribution >= 4 is 12.0 Å². The third-order valence-electron chi connectivity index (χ3n) is 1.95. The van der Waals surface area contributed by atoms with Gasteiger partial charge in [-0.1, -0.05) is 0 Å². The first kappa shape index (κ1) is 11.9. The van der Waals surface area contributed by atoms with Gasteiger partial charge in [-0.05, 0) is 18.2 Å². The maximum atomic E-state index is 10.4. The Balaban J connectivity index is 3.20. The minimum atomic E-state index is -1.07. The molecular weight excluding hydrogens is 212 g/mol. The van der Waals surface area contributed by atoms with Crippen molar-refractivity contribution in [3.05, 3.63) is 23.8 Å². The monoisotopic (exact) mass is 224 g/mol. The number of benzene rings is 1. The summed E-state index contributed by atoms with van der Waals surface area (Å²) in [6.45, 7) is 0. The van der Waals surface area contributed by atoms with Crippen LogP contribution >= 0.6 is 0 Å². The molecule has 0 bridgehead atoms. The molecule has 0 heterocycles. The molecule has 2 N–H and O–H groups in total. The summed E-state index contributed by atoms with van der Waals surface area (Å²) in [5, 5.41) is 18.2. The van der Waals surface area contributed by atoms with Gasteiger partial charge in [0.2, 0.25) is 5.75 Å². The van der Waals surface area contributed by atoms with Gasteiger partial charge in [0.05, 0.1) is 14.2 Å². The summed E-state index contributed by atoms with van der Waals surface area (Å²) in [4.78, 5) is 10.4. The fraction of sp³-hybridized carbons (Fsp3) is 0.182. The average molecular weight is 224 g/mol. The van der Waals surface area contributed by atoms with Crippen LogP contribution in [0.1, 0.15) is 5.56 Å². The van der Waals surface area contributed by atoms with Crippen molar-refractivity contribution in [2.45, 2.75) is 0 Å². The lowest BCUT2D eigenvalue weighted by molar-refractivity contribution is -0.131. The number of phenols is 1.